The van der Waals surface area contributed by atoms with Gasteiger partial charge in [-0.05, 0) is 34.0 Å². The lowest BCUT2D eigenvalue weighted by atomic mass is 10.1. The topological polar surface area (TPSA) is 64.3 Å². The third-order valence-electron chi connectivity index (χ3n) is 2.73. The van der Waals surface area contributed by atoms with Crippen LogP contribution in [0.25, 0.3) is 5.69 Å². The van der Waals surface area contributed by atoms with Crippen molar-refractivity contribution in [2.24, 2.45) is 0 Å². The van der Waals surface area contributed by atoms with Crippen LogP contribution >= 0.6 is 15.9 Å². The fraction of sp³-hybridized carbons (Fsp3) is 0.286. The van der Waals surface area contributed by atoms with E-state index in [0.29, 0.717) is 5.88 Å². The highest BCUT2D eigenvalue weighted by Crippen LogP contribution is 2.27. The highest BCUT2D eigenvalue weighted by atomic mass is 79.9. The Morgan fingerprint density at radius 3 is 2.75 bits per heavy atom. The lowest BCUT2D eigenvalue weighted by Crippen LogP contribution is -2.10. The SMILES string of the molecule is CC(C)c1cc(OCC(=O)O)nn1-c1ccccc1Br. The number of carbonyl (C=O) groups is 1. The maximum atomic E-state index is 10.6. The van der Waals surface area contributed by atoms with E-state index in [9.17, 15) is 4.79 Å². The molecule has 0 aliphatic rings. The van der Waals surface area contributed by atoms with Crippen molar-refractivity contribution in [3.8, 4) is 11.6 Å². The molecule has 0 unspecified atom stereocenters. The maximum absolute atomic E-state index is 10.6. The van der Waals surface area contributed by atoms with Gasteiger partial charge >= 0.3 is 5.97 Å². The Morgan fingerprint density at radius 2 is 2.15 bits per heavy atom. The van der Waals surface area contributed by atoms with Crippen LogP contribution in [0.15, 0.2) is 34.8 Å². The number of carboxylic acids is 1. The molecule has 106 valence electrons. The van der Waals surface area contributed by atoms with E-state index in [1.165, 1.54) is 0 Å². The summed E-state index contributed by atoms with van der Waals surface area (Å²) in [6.45, 7) is 3.70. The Bertz CT molecular complexity index is 623. The van der Waals surface area contributed by atoms with Crippen molar-refractivity contribution in [3.63, 3.8) is 0 Å². The Morgan fingerprint density at radius 1 is 1.45 bits per heavy atom. The molecule has 1 aromatic heterocycles. The van der Waals surface area contributed by atoms with Gasteiger partial charge in [0.15, 0.2) is 6.61 Å². The third-order valence-corrected chi connectivity index (χ3v) is 3.40. The number of aromatic nitrogens is 2. The van der Waals surface area contributed by atoms with Crippen molar-refractivity contribution in [2.45, 2.75) is 19.8 Å². The van der Waals surface area contributed by atoms with Crippen LogP contribution in [0.5, 0.6) is 5.88 Å². The van der Waals surface area contributed by atoms with Gasteiger partial charge in [0.25, 0.3) is 0 Å². The molecule has 0 saturated heterocycles. The van der Waals surface area contributed by atoms with E-state index in [2.05, 4.69) is 21.0 Å². The molecule has 1 N–H and O–H groups in total. The smallest absolute Gasteiger partial charge is 0.341 e. The summed E-state index contributed by atoms with van der Waals surface area (Å²) in [5.41, 5.74) is 1.85. The molecule has 2 aromatic rings. The zero-order chi connectivity index (χ0) is 14.7. The number of hydrogen-bond donors (Lipinski definition) is 1. The summed E-state index contributed by atoms with van der Waals surface area (Å²) in [5, 5.41) is 13.0. The van der Waals surface area contributed by atoms with E-state index in [4.69, 9.17) is 9.84 Å². The Kier molecular flexibility index (Phi) is 4.44. The van der Waals surface area contributed by atoms with Crippen molar-refractivity contribution >= 4 is 21.9 Å². The van der Waals surface area contributed by atoms with Crippen LogP contribution in [0.1, 0.15) is 25.5 Å². The standard InChI is InChI=1S/C14H15BrN2O3/c1-9(2)12-7-13(20-8-14(18)19)16-17(12)11-6-4-3-5-10(11)15/h3-7,9H,8H2,1-2H3,(H,18,19). The van der Waals surface area contributed by atoms with Crippen LogP contribution in [-0.4, -0.2) is 27.5 Å². The molecule has 0 atom stereocenters. The van der Waals surface area contributed by atoms with Gasteiger partial charge in [-0.3, -0.25) is 0 Å². The highest BCUT2D eigenvalue weighted by Gasteiger charge is 2.15. The first-order valence-corrected chi connectivity index (χ1v) is 6.97. The molecule has 5 nitrogen and oxygen atoms in total. The fourth-order valence-corrected chi connectivity index (χ4v) is 2.26. The summed E-state index contributed by atoms with van der Waals surface area (Å²) in [4.78, 5) is 10.6. The molecule has 0 aliphatic heterocycles. The van der Waals surface area contributed by atoms with Gasteiger partial charge in [-0.2, -0.15) is 0 Å². The average Bonchev–Trinajstić information content (AvgIpc) is 2.81. The molecule has 0 aliphatic carbocycles. The zero-order valence-electron chi connectivity index (χ0n) is 11.2. The van der Waals surface area contributed by atoms with E-state index in [1.54, 1.807) is 10.7 Å². The van der Waals surface area contributed by atoms with Crippen molar-refractivity contribution in [2.75, 3.05) is 6.61 Å². The number of benzene rings is 1. The number of nitrogens with zero attached hydrogens (tertiary/aromatic N) is 2. The van der Waals surface area contributed by atoms with Gasteiger partial charge in [0.2, 0.25) is 5.88 Å². The number of hydrogen-bond acceptors (Lipinski definition) is 3. The monoisotopic (exact) mass is 338 g/mol. The first-order valence-electron chi connectivity index (χ1n) is 6.18. The molecule has 0 radical (unpaired) electrons. The van der Waals surface area contributed by atoms with Crippen LogP contribution in [0, 0.1) is 0 Å². The number of carboxylic acid groups (broad SMARTS) is 1. The summed E-state index contributed by atoms with van der Waals surface area (Å²) < 4.78 is 7.84. The number of aliphatic carboxylic acids is 1. The molecule has 0 spiro atoms. The van der Waals surface area contributed by atoms with Gasteiger partial charge in [-0.15, -0.1) is 5.10 Å². The van der Waals surface area contributed by atoms with Crippen LogP contribution in [-0.2, 0) is 4.79 Å². The fourth-order valence-electron chi connectivity index (χ4n) is 1.81. The summed E-state index contributed by atoms with van der Waals surface area (Å²) >= 11 is 3.49. The number of ether oxygens (including phenoxy) is 1. The summed E-state index contributed by atoms with van der Waals surface area (Å²) in [7, 11) is 0. The van der Waals surface area contributed by atoms with Crippen LogP contribution in [0.3, 0.4) is 0 Å². The van der Waals surface area contributed by atoms with Gasteiger partial charge in [-0.25, -0.2) is 9.48 Å². The third kappa shape index (κ3) is 3.19. The van der Waals surface area contributed by atoms with Crippen LogP contribution < -0.4 is 4.74 Å². The predicted octanol–water partition coefficient (Wildman–Crippen LogP) is 3.22. The van der Waals surface area contributed by atoms with E-state index in [-0.39, 0.29) is 5.92 Å². The lowest BCUT2D eigenvalue weighted by molar-refractivity contribution is -0.139. The molecule has 1 heterocycles. The molecule has 0 saturated carbocycles. The van der Waals surface area contributed by atoms with Gasteiger partial charge < -0.3 is 9.84 Å². The van der Waals surface area contributed by atoms with Crippen LogP contribution in [0.4, 0.5) is 0 Å². The second-order valence-corrected chi connectivity index (χ2v) is 5.46. The van der Waals surface area contributed by atoms with Crippen molar-refractivity contribution in [1.29, 1.82) is 0 Å². The van der Waals surface area contributed by atoms with E-state index in [1.807, 2.05) is 38.1 Å². The normalized spacial score (nSPS) is 10.8. The Labute approximate surface area is 125 Å². The first kappa shape index (κ1) is 14.6. The minimum absolute atomic E-state index is 0.233. The Hall–Kier alpha value is -1.82. The molecule has 0 amide bonds. The molecule has 6 heteroatoms. The van der Waals surface area contributed by atoms with E-state index in [0.717, 1.165) is 15.9 Å². The van der Waals surface area contributed by atoms with Crippen molar-refractivity contribution < 1.29 is 14.6 Å². The molecule has 0 bridgehead atoms. The number of para-hydroxylation sites is 1. The van der Waals surface area contributed by atoms with E-state index < -0.39 is 12.6 Å². The Balaban J connectivity index is 2.41. The summed E-state index contributed by atoms with van der Waals surface area (Å²) in [6, 6.07) is 9.48. The maximum Gasteiger partial charge on any atom is 0.341 e. The molecule has 20 heavy (non-hydrogen) atoms. The van der Waals surface area contributed by atoms with Gasteiger partial charge in [0.1, 0.15) is 0 Å². The lowest BCUT2D eigenvalue weighted by Gasteiger charge is -2.10. The average molecular weight is 339 g/mol. The minimum Gasteiger partial charge on any atom is -0.479 e. The van der Waals surface area contributed by atoms with Gasteiger partial charge in [0, 0.05) is 10.5 Å². The molecule has 2 rings (SSSR count). The summed E-state index contributed by atoms with van der Waals surface area (Å²) in [5.74, 6) is -0.477. The predicted molar refractivity (Wildman–Crippen MR) is 78.5 cm³/mol. The van der Waals surface area contributed by atoms with E-state index >= 15 is 0 Å². The second-order valence-electron chi connectivity index (χ2n) is 4.61. The number of halogens is 1. The largest absolute Gasteiger partial charge is 0.479 e. The van der Waals surface area contributed by atoms with Crippen LogP contribution in [0.2, 0.25) is 0 Å². The molecular formula is C14H15BrN2O3. The first-order chi connectivity index (χ1) is 9.49. The highest BCUT2D eigenvalue weighted by molar-refractivity contribution is 9.10. The quantitative estimate of drug-likeness (QED) is 0.908. The zero-order valence-corrected chi connectivity index (χ0v) is 12.8. The van der Waals surface area contributed by atoms with Gasteiger partial charge in [-0.1, -0.05) is 26.0 Å². The van der Waals surface area contributed by atoms with Crippen molar-refractivity contribution in [1.82, 2.24) is 9.78 Å². The van der Waals surface area contributed by atoms with Crippen molar-refractivity contribution in [3.05, 3.63) is 40.5 Å². The number of rotatable bonds is 5. The molecule has 0 fully saturated rings. The minimum atomic E-state index is -1.02. The molecular weight excluding hydrogens is 324 g/mol. The molecule has 1 aromatic carbocycles. The summed E-state index contributed by atoms with van der Waals surface area (Å²) in [6.07, 6.45) is 0. The van der Waals surface area contributed by atoms with Gasteiger partial charge in [0.05, 0.1) is 11.4 Å². The second kappa shape index (κ2) is 6.09.